The monoisotopic (exact) mass is 337 g/mol. The number of nitrogens with zero attached hydrogens (tertiary/aromatic N) is 3. The predicted molar refractivity (Wildman–Crippen MR) is 84.9 cm³/mol. The van der Waals surface area contributed by atoms with Crippen molar-refractivity contribution in [3.05, 3.63) is 28.7 Å². The van der Waals surface area contributed by atoms with E-state index < -0.39 is 12.5 Å². The maximum absolute atomic E-state index is 12.1. The van der Waals surface area contributed by atoms with Gasteiger partial charge in [-0.3, -0.25) is 14.5 Å². The Bertz CT molecular complexity index is 799. The third kappa shape index (κ3) is 2.80. The van der Waals surface area contributed by atoms with Crippen LogP contribution in [0.1, 0.15) is 5.56 Å². The van der Waals surface area contributed by atoms with E-state index >= 15 is 0 Å². The Morgan fingerprint density at radius 1 is 1.38 bits per heavy atom. The minimum Gasteiger partial charge on any atom is -0.480 e. The van der Waals surface area contributed by atoms with Gasteiger partial charge in [0.1, 0.15) is 21.9 Å². The Morgan fingerprint density at radius 2 is 2.14 bits per heavy atom. The van der Waals surface area contributed by atoms with Gasteiger partial charge in [-0.25, -0.2) is 0 Å². The number of carbonyl (C=O) groups excluding carboxylic acids is 1. The molecule has 0 radical (unpaired) electrons. The van der Waals surface area contributed by atoms with Crippen molar-refractivity contribution < 1.29 is 14.7 Å². The minimum atomic E-state index is -1.09. The maximum atomic E-state index is 12.1. The summed E-state index contributed by atoms with van der Waals surface area (Å²) in [6.07, 6.45) is 1.68. The molecule has 1 saturated heterocycles. The van der Waals surface area contributed by atoms with Crippen LogP contribution in [0.3, 0.4) is 0 Å². The molecule has 2 heterocycles. The second-order valence-electron chi connectivity index (χ2n) is 4.17. The van der Waals surface area contributed by atoms with Crippen LogP contribution in [0.5, 0.6) is 0 Å². The number of carbonyl (C=O) groups is 2. The Labute approximate surface area is 132 Å². The molecule has 0 aliphatic carbocycles. The van der Waals surface area contributed by atoms with E-state index in [-0.39, 0.29) is 10.2 Å². The van der Waals surface area contributed by atoms with E-state index in [9.17, 15) is 9.59 Å². The fourth-order valence-electron chi connectivity index (χ4n) is 1.81. The second kappa shape index (κ2) is 5.51. The number of thiocarbonyl (C=S) groups is 1. The Kier molecular flexibility index (Phi) is 3.70. The van der Waals surface area contributed by atoms with Gasteiger partial charge in [0.15, 0.2) is 0 Å². The number of amides is 1. The first-order valence-electron chi connectivity index (χ1n) is 5.74. The summed E-state index contributed by atoms with van der Waals surface area (Å²) < 4.78 is 8.50. The fourth-order valence-corrected chi connectivity index (χ4v) is 3.58. The summed E-state index contributed by atoms with van der Waals surface area (Å²) >= 11 is 7.26. The number of aliphatic carboxylic acids is 1. The van der Waals surface area contributed by atoms with Gasteiger partial charge in [-0.05, 0) is 23.8 Å². The van der Waals surface area contributed by atoms with Crippen molar-refractivity contribution in [2.45, 2.75) is 0 Å². The number of thioether (sulfide) groups is 1. The van der Waals surface area contributed by atoms with E-state index in [0.717, 1.165) is 45.0 Å². The summed E-state index contributed by atoms with van der Waals surface area (Å²) in [5, 5.41) is 8.78. The molecule has 1 amide bonds. The zero-order valence-corrected chi connectivity index (χ0v) is 12.8. The van der Waals surface area contributed by atoms with Crippen molar-refractivity contribution in [3.8, 4) is 0 Å². The van der Waals surface area contributed by atoms with Gasteiger partial charge in [0, 0.05) is 0 Å². The molecular formula is C12H7N3O3S3. The molecule has 1 aliphatic heterocycles. The first-order chi connectivity index (χ1) is 10.0. The Hall–Kier alpha value is -1.84. The van der Waals surface area contributed by atoms with Crippen LogP contribution < -0.4 is 0 Å². The fraction of sp³-hybridized carbons (Fsp3) is 0.0833. The highest BCUT2D eigenvalue weighted by Gasteiger charge is 2.33. The highest BCUT2D eigenvalue weighted by atomic mass is 32.2. The molecule has 0 unspecified atom stereocenters. The lowest BCUT2D eigenvalue weighted by Gasteiger charge is -2.10. The normalized spacial score (nSPS) is 17.1. The molecule has 0 saturated carbocycles. The third-order valence-electron chi connectivity index (χ3n) is 2.74. The van der Waals surface area contributed by atoms with E-state index in [2.05, 4.69) is 8.75 Å². The first-order valence-corrected chi connectivity index (χ1v) is 7.69. The van der Waals surface area contributed by atoms with E-state index in [4.69, 9.17) is 17.3 Å². The molecular weight excluding hydrogens is 330 g/mol. The van der Waals surface area contributed by atoms with Crippen LogP contribution in [0.2, 0.25) is 0 Å². The standard InChI is InChI=1S/C12H7N3O3S3/c16-10(17)5-15-11(18)9(20-12(15)19)4-6-1-2-7-8(3-6)14-21-13-7/h1-4H,5H2,(H,16,17)/b9-4-. The lowest BCUT2D eigenvalue weighted by Crippen LogP contribution is -2.33. The number of rotatable bonds is 3. The summed E-state index contributed by atoms with van der Waals surface area (Å²) in [4.78, 5) is 24.3. The molecule has 21 heavy (non-hydrogen) atoms. The van der Waals surface area contributed by atoms with Gasteiger partial charge in [0.2, 0.25) is 0 Å². The molecule has 1 aromatic carbocycles. The summed E-state index contributed by atoms with van der Waals surface area (Å²) in [6, 6.07) is 5.47. The van der Waals surface area contributed by atoms with Crippen molar-refractivity contribution in [2.24, 2.45) is 0 Å². The minimum absolute atomic E-state index is 0.255. The summed E-state index contributed by atoms with van der Waals surface area (Å²) in [5.41, 5.74) is 2.36. The molecule has 0 atom stereocenters. The van der Waals surface area contributed by atoms with Crippen molar-refractivity contribution in [1.29, 1.82) is 0 Å². The Balaban J connectivity index is 1.90. The van der Waals surface area contributed by atoms with Gasteiger partial charge < -0.3 is 5.11 Å². The van der Waals surface area contributed by atoms with Gasteiger partial charge in [-0.15, -0.1) is 0 Å². The smallest absolute Gasteiger partial charge is 0.323 e. The van der Waals surface area contributed by atoms with Crippen LogP contribution >= 0.6 is 35.7 Å². The van der Waals surface area contributed by atoms with Gasteiger partial charge in [0.25, 0.3) is 5.91 Å². The van der Waals surface area contributed by atoms with Crippen LogP contribution in [0, 0.1) is 0 Å². The number of aromatic nitrogens is 2. The van der Waals surface area contributed by atoms with Crippen molar-refractivity contribution in [1.82, 2.24) is 13.6 Å². The maximum Gasteiger partial charge on any atom is 0.323 e. The number of fused-ring (bicyclic) bond motifs is 1. The van der Waals surface area contributed by atoms with Crippen molar-refractivity contribution >= 4 is 69.0 Å². The number of hydrogen-bond donors (Lipinski definition) is 1. The highest BCUT2D eigenvalue weighted by molar-refractivity contribution is 8.26. The van der Waals surface area contributed by atoms with Gasteiger partial charge in [0.05, 0.1) is 16.6 Å². The van der Waals surface area contributed by atoms with Crippen LogP contribution in [-0.4, -0.2) is 41.5 Å². The molecule has 9 heteroatoms. The summed E-state index contributed by atoms with van der Waals surface area (Å²) in [7, 11) is 0. The molecule has 0 bridgehead atoms. The Morgan fingerprint density at radius 3 is 2.90 bits per heavy atom. The van der Waals surface area contributed by atoms with Crippen LogP contribution in [0.25, 0.3) is 17.1 Å². The molecule has 2 aromatic rings. The first kappa shape index (κ1) is 14.1. The number of carboxylic acids is 1. The molecule has 6 nitrogen and oxygen atoms in total. The van der Waals surface area contributed by atoms with Gasteiger partial charge in [-0.2, -0.15) is 8.75 Å². The average Bonchev–Trinajstić information content (AvgIpc) is 2.98. The lowest BCUT2D eigenvalue weighted by atomic mass is 10.2. The number of benzene rings is 1. The number of carboxylic acid groups (broad SMARTS) is 1. The quantitative estimate of drug-likeness (QED) is 0.677. The molecule has 1 N–H and O–H groups in total. The van der Waals surface area contributed by atoms with E-state index in [1.807, 2.05) is 18.2 Å². The summed E-state index contributed by atoms with van der Waals surface area (Å²) in [5.74, 6) is -1.48. The largest absolute Gasteiger partial charge is 0.480 e. The van der Waals surface area contributed by atoms with Gasteiger partial charge >= 0.3 is 5.97 Å². The SMILES string of the molecule is O=C(O)CN1C(=O)/C(=C/c2ccc3nsnc3c2)SC1=S. The van der Waals surface area contributed by atoms with Crippen molar-refractivity contribution in [3.63, 3.8) is 0 Å². The lowest BCUT2D eigenvalue weighted by molar-refractivity contribution is -0.140. The number of hydrogen-bond acceptors (Lipinski definition) is 7. The molecule has 1 fully saturated rings. The molecule has 1 aliphatic rings. The molecule has 0 spiro atoms. The van der Waals surface area contributed by atoms with Gasteiger partial charge in [-0.1, -0.05) is 30.0 Å². The van der Waals surface area contributed by atoms with E-state index in [1.165, 1.54) is 0 Å². The second-order valence-corrected chi connectivity index (χ2v) is 6.38. The zero-order chi connectivity index (χ0) is 15.0. The zero-order valence-electron chi connectivity index (χ0n) is 10.3. The summed E-state index contributed by atoms with van der Waals surface area (Å²) in [6.45, 7) is -0.420. The van der Waals surface area contributed by atoms with E-state index in [1.54, 1.807) is 6.08 Å². The van der Waals surface area contributed by atoms with Crippen molar-refractivity contribution in [2.75, 3.05) is 6.54 Å². The molecule has 3 rings (SSSR count). The predicted octanol–water partition coefficient (Wildman–Crippen LogP) is 1.98. The van der Waals surface area contributed by atoms with Crippen LogP contribution in [0.15, 0.2) is 23.1 Å². The average molecular weight is 337 g/mol. The highest BCUT2D eigenvalue weighted by Crippen LogP contribution is 2.32. The van der Waals surface area contributed by atoms with E-state index in [0.29, 0.717) is 4.91 Å². The third-order valence-corrected chi connectivity index (χ3v) is 4.68. The van der Waals surface area contributed by atoms with Crippen LogP contribution in [-0.2, 0) is 9.59 Å². The van der Waals surface area contributed by atoms with Crippen LogP contribution in [0.4, 0.5) is 0 Å². The molecule has 1 aromatic heterocycles. The molecule has 106 valence electrons. The topological polar surface area (TPSA) is 83.4 Å².